The molecule has 5 heteroatoms. The van der Waals surface area contributed by atoms with Crippen molar-refractivity contribution in [3.8, 4) is 0 Å². The fourth-order valence-electron chi connectivity index (χ4n) is 3.97. The molecule has 3 heterocycles. The maximum atomic E-state index is 12.3. The van der Waals surface area contributed by atoms with Gasteiger partial charge in [-0.1, -0.05) is 12.5 Å². The molecule has 130 valence electrons. The summed E-state index contributed by atoms with van der Waals surface area (Å²) in [7, 11) is 0. The first kappa shape index (κ1) is 16.0. The van der Waals surface area contributed by atoms with E-state index in [-0.39, 0.29) is 17.6 Å². The van der Waals surface area contributed by atoms with Gasteiger partial charge >= 0.3 is 0 Å². The molecule has 5 nitrogen and oxygen atoms in total. The van der Waals surface area contributed by atoms with E-state index in [4.69, 9.17) is 9.47 Å². The van der Waals surface area contributed by atoms with Crippen molar-refractivity contribution in [3.05, 3.63) is 29.6 Å². The summed E-state index contributed by atoms with van der Waals surface area (Å²) in [6.07, 6.45) is 9.09. The van der Waals surface area contributed by atoms with Crippen molar-refractivity contribution in [1.82, 2.24) is 9.88 Å². The molecular weight excluding hydrogens is 304 g/mol. The van der Waals surface area contributed by atoms with Crippen molar-refractivity contribution in [2.45, 2.75) is 57.3 Å². The van der Waals surface area contributed by atoms with Crippen LogP contribution in [0.3, 0.4) is 0 Å². The van der Waals surface area contributed by atoms with E-state index in [0.29, 0.717) is 12.5 Å². The van der Waals surface area contributed by atoms with E-state index in [9.17, 15) is 4.79 Å². The van der Waals surface area contributed by atoms with Crippen LogP contribution in [0.2, 0.25) is 0 Å². The number of carbonyl (C=O) groups excluding carboxylic acids is 1. The molecular formula is C19H26N2O3. The SMILES string of the molecule is Cc1cncc(CO[C@@H]2CCOC3(C2)CN(C(=O)C2CCC2)C3)c1. The largest absolute Gasteiger partial charge is 0.373 e. The Morgan fingerprint density at radius 3 is 2.92 bits per heavy atom. The highest BCUT2D eigenvalue weighted by atomic mass is 16.5. The van der Waals surface area contributed by atoms with Crippen molar-refractivity contribution in [3.63, 3.8) is 0 Å². The Morgan fingerprint density at radius 1 is 1.38 bits per heavy atom. The molecule has 1 atom stereocenters. The fraction of sp³-hybridized carbons (Fsp3) is 0.684. The lowest BCUT2D eigenvalue weighted by molar-refractivity contribution is -0.205. The van der Waals surface area contributed by atoms with E-state index in [2.05, 4.69) is 11.1 Å². The molecule has 4 rings (SSSR count). The minimum Gasteiger partial charge on any atom is -0.373 e. The summed E-state index contributed by atoms with van der Waals surface area (Å²) < 4.78 is 12.1. The summed E-state index contributed by atoms with van der Waals surface area (Å²) >= 11 is 0. The van der Waals surface area contributed by atoms with Crippen LogP contribution in [0.5, 0.6) is 0 Å². The van der Waals surface area contributed by atoms with E-state index in [1.807, 2.05) is 24.2 Å². The molecule has 0 radical (unpaired) electrons. The average molecular weight is 330 g/mol. The molecule has 1 aromatic rings. The number of amides is 1. The number of aryl methyl sites for hydroxylation is 1. The smallest absolute Gasteiger partial charge is 0.225 e. The summed E-state index contributed by atoms with van der Waals surface area (Å²) in [5.41, 5.74) is 2.11. The zero-order chi connectivity index (χ0) is 16.6. The van der Waals surface area contributed by atoms with Crippen molar-refractivity contribution in [2.75, 3.05) is 19.7 Å². The molecule has 1 spiro atoms. The lowest BCUT2D eigenvalue weighted by Crippen LogP contribution is -2.68. The highest BCUT2D eigenvalue weighted by Crippen LogP contribution is 2.38. The Kier molecular flexibility index (Phi) is 4.31. The Labute approximate surface area is 143 Å². The zero-order valence-electron chi connectivity index (χ0n) is 14.4. The lowest BCUT2D eigenvalue weighted by Gasteiger charge is -2.54. The number of pyridine rings is 1. The van der Waals surface area contributed by atoms with Crippen LogP contribution in [0, 0.1) is 12.8 Å². The zero-order valence-corrected chi connectivity index (χ0v) is 14.4. The summed E-state index contributed by atoms with van der Waals surface area (Å²) in [6, 6.07) is 2.12. The topological polar surface area (TPSA) is 51.7 Å². The van der Waals surface area contributed by atoms with Gasteiger partial charge in [0.05, 0.1) is 25.8 Å². The second kappa shape index (κ2) is 6.45. The number of likely N-dealkylation sites (tertiary alicyclic amines) is 1. The van der Waals surface area contributed by atoms with Gasteiger partial charge in [0, 0.05) is 31.3 Å². The fourth-order valence-corrected chi connectivity index (χ4v) is 3.97. The van der Waals surface area contributed by atoms with E-state index in [1.165, 1.54) is 6.42 Å². The molecule has 1 saturated carbocycles. The van der Waals surface area contributed by atoms with E-state index >= 15 is 0 Å². The normalized spacial score (nSPS) is 26.0. The highest BCUT2D eigenvalue weighted by Gasteiger charge is 2.50. The number of hydrogen-bond donors (Lipinski definition) is 0. The van der Waals surface area contributed by atoms with Gasteiger partial charge < -0.3 is 14.4 Å². The maximum absolute atomic E-state index is 12.3. The Hall–Kier alpha value is -1.46. The molecule has 0 bridgehead atoms. The van der Waals surface area contributed by atoms with Gasteiger partial charge in [-0.3, -0.25) is 9.78 Å². The summed E-state index contributed by atoms with van der Waals surface area (Å²) in [5.74, 6) is 0.621. The lowest BCUT2D eigenvalue weighted by atomic mass is 9.80. The van der Waals surface area contributed by atoms with Crippen LogP contribution in [0.25, 0.3) is 0 Å². The molecule has 1 aromatic heterocycles. The minimum absolute atomic E-state index is 0.160. The molecule has 24 heavy (non-hydrogen) atoms. The predicted octanol–water partition coefficient (Wildman–Crippen LogP) is 2.47. The minimum atomic E-state index is -0.160. The molecule has 0 aromatic carbocycles. The van der Waals surface area contributed by atoms with E-state index in [0.717, 1.165) is 56.5 Å². The highest BCUT2D eigenvalue weighted by molar-refractivity contribution is 5.80. The van der Waals surface area contributed by atoms with Crippen molar-refractivity contribution < 1.29 is 14.3 Å². The number of rotatable bonds is 4. The van der Waals surface area contributed by atoms with Crippen LogP contribution >= 0.6 is 0 Å². The number of carbonyl (C=O) groups is 1. The van der Waals surface area contributed by atoms with Crippen LogP contribution < -0.4 is 0 Å². The molecule has 2 aliphatic heterocycles. The van der Waals surface area contributed by atoms with Crippen molar-refractivity contribution in [1.29, 1.82) is 0 Å². The molecule has 3 aliphatic rings. The van der Waals surface area contributed by atoms with Crippen LogP contribution in [0.4, 0.5) is 0 Å². The second-order valence-electron chi connectivity index (χ2n) is 7.65. The van der Waals surface area contributed by atoms with Crippen LogP contribution in [-0.2, 0) is 20.9 Å². The molecule has 1 aliphatic carbocycles. The third-order valence-corrected chi connectivity index (χ3v) is 5.59. The number of ether oxygens (including phenoxy) is 2. The van der Waals surface area contributed by atoms with Gasteiger partial charge in [0.1, 0.15) is 5.60 Å². The summed E-state index contributed by atoms with van der Waals surface area (Å²) in [4.78, 5) is 18.5. The van der Waals surface area contributed by atoms with Crippen molar-refractivity contribution >= 4 is 5.91 Å². The van der Waals surface area contributed by atoms with Gasteiger partial charge in [0.15, 0.2) is 0 Å². The van der Waals surface area contributed by atoms with Crippen LogP contribution in [0.15, 0.2) is 18.5 Å². The van der Waals surface area contributed by atoms with Gasteiger partial charge in [0.25, 0.3) is 0 Å². The molecule has 0 N–H and O–H groups in total. The van der Waals surface area contributed by atoms with Gasteiger partial charge in [-0.15, -0.1) is 0 Å². The molecule has 1 amide bonds. The number of hydrogen-bond acceptors (Lipinski definition) is 4. The van der Waals surface area contributed by atoms with Gasteiger partial charge in [-0.25, -0.2) is 0 Å². The van der Waals surface area contributed by atoms with E-state index < -0.39 is 0 Å². The molecule has 2 saturated heterocycles. The monoisotopic (exact) mass is 330 g/mol. The Balaban J connectivity index is 1.28. The van der Waals surface area contributed by atoms with E-state index in [1.54, 1.807) is 0 Å². The number of aromatic nitrogens is 1. The number of nitrogens with zero attached hydrogens (tertiary/aromatic N) is 2. The summed E-state index contributed by atoms with van der Waals surface area (Å²) in [5, 5.41) is 0. The van der Waals surface area contributed by atoms with Gasteiger partial charge in [-0.05, 0) is 37.3 Å². The Bertz CT molecular complexity index is 608. The maximum Gasteiger partial charge on any atom is 0.225 e. The second-order valence-corrected chi connectivity index (χ2v) is 7.65. The standard InChI is InChI=1S/C19H26N2O3/c1-14-7-15(10-20-9-14)11-23-17-5-6-24-19(8-17)12-21(13-19)18(22)16-3-2-4-16/h7,9-10,16-17H,2-6,8,11-13H2,1H3/t17-/m1/s1. The first-order valence-electron chi connectivity index (χ1n) is 9.08. The first-order valence-corrected chi connectivity index (χ1v) is 9.08. The predicted molar refractivity (Wildman–Crippen MR) is 89.4 cm³/mol. The van der Waals surface area contributed by atoms with Crippen molar-refractivity contribution in [2.24, 2.45) is 5.92 Å². The van der Waals surface area contributed by atoms with Crippen LogP contribution in [0.1, 0.15) is 43.2 Å². The van der Waals surface area contributed by atoms with Crippen LogP contribution in [-0.4, -0.2) is 47.2 Å². The third kappa shape index (κ3) is 3.20. The molecule has 3 fully saturated rings. The first-order chi connectivity index (χ1) is 11.6. The average Bonchev–Trinajstić information content (AvgIpc) is 2.49. The van der Waals surface area contributed by atoms with Gasteiger partial charge in [-0.2, -0.15) is 0 Å². The third-order valence-electron chi connectivity index (χ3n) is 5.59. The Morgan fingerprint density at radius 2 is 2.21 bits per heavy atom. The molecule has 0 unspecified atom stereocenters. The summed E-state index contributed by atoms with van der Waals surface area (Å²) in [6.45, 7) is 4.85. The van der Waals surface area contributed by atoms with Gasteiger partial charge in [0.2, 0.25) is 5.91 Å². The quantitative estimate of drug-likeness (QED) is 0.851.